The van der Waals surface area contributed by atoms with Crippen molar-refractivity contribution in [1.82, 2.24) is 0 Å². The molecule has 0 aromatic heterocycles. The molecule has 1 atom stereocenters. The van der Waals surface area contributed by atoms with Crippen molar-refractivity contribution < 1.29 is 13.2 Å². The monoisotopic (exact) mass is 357 g/mol. The summed E-state index contributed by atoms with van der Waals surface area (Å²) in [5.74, 6) is 0. The highest BCUT2D eigenvalue weighted by Crippen LogP contribution is 2.36. The maximum Gasteiger partial charge on any atom is 0.417 e. The first kappa shape index (κ1) is 16.0. The van der Waals surface area contributed by atoms with E-state index in [9.17, 15) is 13.2 Å². The van der Waals surface area contributed by atoms with Gasteiger partial charge in [-0.05, 0) is 35.2 Å². The van der Waals surface area contributed by atoms with Crippen LogP contribution in [0.5, 0.6) is 0 Å². The number of nitrogens with two attached hydrogens (primary N) is 1. The summed E-state index contributed by atoms with van der Waals surface area (Å²) < 4.78 is 38.8. The summed E-state index contributed by atoms with van der Waals surface area (Å²) >= 11 is 2.93. The molecule has 0 amide bonds. The number of alkyl halides is 3. The first-order valence-electron chi connectivity index (χ1n) is 6.54. The van der Waals surface area contributed by atoms with Gasteiger partial charge in [-0.1, -0.05) is 53.2 Å². The Bertz CT molecular complexity index is 638. The molecule has 2 aromatic rings. The van der Waals surface area contributed by atoms with Crippen LogP contribution in [0.1, 0.15) is 35.2 Å². The minimum Gasteiger partial charge on any atom is -0.320 e. The molecule has 0 radical (unpaired) electrons. The summed E-state index contributed by atoms with van der Waals surface area (Å²) in [5.41, 5.74) is 7.77. The second-order valence-electron chi connectivity index (χ2n) is 4.81. The van der Waals surface area contributed by atoms with Crippen LogP contribution in [0.25, 0.3) is 0 Å². The molecular weight excluding hydrogens is 343 g/mol. The molecule has 2 N–H and O–H groups in total. The summed E-state index contributed by atoms with van der Waals surface area (Å²) in [4.78, 5) is 0. The van der Waals surface area contributed by atoms with Gasteiger partial charge in [-0.15, -0.1) is 0 Å². The molecule has 0 spiro atoms. The van der Waals surface area contributed by atoms with E-state index in [4.69, 9.17) is 5.73 Å². The molecule has 0 saturated carbocycles. The number of hydrogen-bond donors (Lipinski definition) is 1. The molecule has 0 aliphatic rings. The smallest absolute Gasteiger partial charge is 0.320 e. The quantitative estimate of drug-likeness (QED) is 0.814. The van der Waals surface area contributed by atoms with Crippen LogP contribution in [0, 0.1) is 0 Å². The fourth-order valence-electron chi connectivity index (χ4n) is 2.15. The number of halogens is 4. The first-order valence-corrected chi connectivity index (χ1v) is 7.33. The fourth-order valence-corrected chi connectivity index (χ4v) is 2.62. The second kappa shape index (κ2) is 6.20. The van der Waals surface area contributed by atoms with Crippen molar-refractivity contribution in [3.63, 3.8) is 0 Å². The summed E-state index contributed by atoms with van der Waals surface area (Å²) in [6.45, 7) is 2.02. The predicted octanol–water partition coefficient (Wildman–Crippen LogP) is 5.08. The third kappa shape index (κ3) is 3.66. The first-order chi connectivity index (χ1) is 9.82. The minimum absolute atomic E-state index is 0.0215. The van der Waals surface area contributed by atoms with E-state index in [1.165, 1.54) is 6.07 Å². The zero-order valence-electron chi connectivity index (χ0n) is 11.4. The molecule has 112 valence electrons. The molecule has 0 aliphatic heterocycles. The molecule has 1 unspecified atom stereocenters. The third-order valence-corrected chi connectivity index (χ3v) is 4.06. The topological polar surface area (TPSA) is 26.0 Å². The van der Waals surface area contributed by atoms with Gasteiger partial charge in [-0.3, -0.25) is 0 Å². The Labute approximate surface area is 130 Å². The van der Waals surface area contributed by atoms with Crippen molar-refractivity contribution in [1.29, 1.82) is 0 Å². The number of hydrogen-bond acceptors (Lipinski definition) is 1. The van der Waals surface area contributed by atoms with E-state index in [1.807, 2.05) is 31.2 Å². The highest BCUT2D eigenvalue weighted by molar-refractivity contribution is 9.10. The lowest BCUT2D eigenvalue weighted by atomic mass is 9.96. The highest BCUT2D eigenvalue weighted by atomic mass is 79.9. The van der Waals surface area contributed by atoms with Crippen molar-refractivity contribution in [2.75, 3.05) is 0 Å². The molecule has 5 heteroatoms. The summed E-state index contributed by atoms with van der Waals surface area (Å²) in [5, 5.41) is 0. The van der Waals surface area contributed by atoms with Gasteiger partial charge < -0.3 is 5.73 Å². The molecule has 0 heterocycles. The van der Waals surface area contributed by atoms with E-state index in [2.05, 4.69) is 15.9 Å². The van der Waals surface area contributed by atoms with E-state index in [0.29, 0.717) is 5.56 Å². The van der Waals surface area contributed by atoms with Gasteiger partial charge in [0.25, 0.3) is 0 Å². The van der Waals surface area contributed by atoms with Gasteiger partial charge in [0.05, 0.1) is 11.6 Å². The molecule has 1 nitrogen and oxygen atoms in total. The minimum atomic E-state index is -4.40. The Morgan fingerprint density at radius 1 is 1.10 bits per heavy atom. The molecule has 0 saturated heterocycles. The lowest BCUT2D eigenvalue weighted by Gasteiger charge is -2.17. The molecule has 0 bridgehead atoms. The van der Waals surface area contributed by atoms with Gasteiger partial charge in [-0.2, -0.15) is 13.2 Å². The molecule has 2 rings (SSSR count). The van der Waals surface area contributed by atoms with E-state index < -0.39 is 17.8 Å². The van der Waals surface area contributed by atoms with Crippen LogP contribution in [0.2, 0.25) is 0 Å². The van der Waals surface area contributed by atoms with Gasteiger partial charge in [0.15, 0.2) is 0 Å². The zero-order valence-corrected chi connectivity index (χ0v) is 13.0. The largest absolute Gasteiger partial charge is 0.417 e. The summed E-state index contributed by atoms with van der Waals surface area (Å²) in [7, 11) is 0. The van der Waals surface area contributed by atoms with Gasteiger partial charge in [0.1, 0.15) is 0 Å². The van der Waals surface area contributed by atoms with E-state index in [0.717, 1.165) is 23.6 Å². The van der Waals surface area contributed by atoms with Crippen LogP contribution < -0.4 is 5.73 Å². The van der Waals surface area contributed by atoms with Crippen molar-refractivity contribution in [3.05, 3.63) is 69.2 Å². The van der Waals surface area contributed by atoms with E-state index >= 15 is 0 Å². The average molecular weight is 358 g/mol. The Hall–Kier alpha value is -1.33. The SMILES string of the molecule is CCc1cccc(C(N)c2ccc(Br)c(C(F)(F)F)c2)c1. The predicted molar refractivity (Wildman–Crippen MR) is 81.0 cm³/mol. The summed E-state index contributed by atoms with van der Waals surface area (Å²) in [6, 6.07) is 11.1. The number of rotatable bonds is 3. The van der Waals surface area contributed by atoms with Crippen LogP contribution in [0.3, 0.4) is 0 Å². The number of aryl methyl sites for hydroxylation is 1. The maximum absolute atomic E-state index is 12.9. The molecule has 21 heavy (non-hydrogen) atoms. The van der Waals surface area contributed by atoms with E-state index in [-0.39, 0.29) is 4.47 Å². The third-order valence-electron chi connectivity index (χ3n) is 3.37. The van der Waals surface area contributed by atoms with Crippen molar-refractivity contribution in [2.24, 2.45) is 5.73 Å². The van der Waals surface area contributed by atoms with Crippen molar-refractivity contribution in [3.8, 4) is 0 Å². The van der Waals surface area contributed by atoms with Crippen LogP contribution in [-0.2, 0) is 12.6 Å². The normalized spacial score (nSPS) is 13.2. The second-order valence-corrected chi connectivity index (χ2v) is 5.67. The lowest BCUT2D eigenvalue weighted by molar-refractivity contribution is -0.138. The molecular formula is C16H15BrF3N. The lowest BCUT2D eigenvalue weighted by Crippen LogP contribution is -2.14. The Morgan fingerprint density at radius 3 is 2.38 bits per heavy atom. The van der Waals surface area contributed by atoms with Crippen LogP contribution >= 0.6 is 15.9 Å². The van der Waals surface area contributed by atoms with E-state index in [1.54, 1.807) is 6.07 Å². The summed E-state index contributed by atoms with van der Waals surface area (Å²) in [6.07, 6.45) is -3.55. The maximum atomic E-state index is 12.9. The average Bonchev–Trinajstić information content (AvgIpc) is 2.46. The van der Waals surface area contributed by atoms with Crippen LogP contribution in [-0.4, -0.2) is 0 Å². The standard InChI is InChI=1S/C16H15BrF3N/c1-2-10-4-3-5-11(8-10)15(21)12-6-7-14(17)13(9-12)16(18,19)20/h3-9,15H,2,21H2,1H3. The Morgan fingerprint density at radius 2 is 1.76 bits per heavy atom. The van der Waals surface area contributed by atoms with Gasteiger partial charge in [0.2, 0.25) is 0 Å². The van der Waals surface area contributed by atoms with Gasteiger partial charge >= 0.3 is 6.18 Å². The van der Waals surface area contributed by atoms with Crippen molar-refractivity contribution >= 4 is 15.9 Å². The molecule has 2 aromatic carbocycles. The zero-order chi connectivity index (χ0) is 15.6. The van der Waals surface area contributed by atoms with Gasteiger partial charge in [0, 0.05) is 4.47 Å². The Balaban J connectivity index is 2.41. The van der Waals surface area contributed by atoms with Gasteiger partial charge in [-0.25, -0.2) is 0 Å². The molecule has 0 fully saturated rings. The van der Waals surface area contributed by atoms with Crippen LogP contribution in [0.4, 0.5) is 13.2 Å². The number of benzene rings is 2. The molecule has 0 aliphatic carbocycles. The highest BCUT2D eigenvalue weighted by Gasteiger charge is 2.33. The van der Waals surface area contributed by atoms with Crippen LogP contribution in [0.15, 0.2) is 46.9 Å². The fraction of sp³-hybridized carbons (Fsp3) is 0.250. The van der Waals surface area contributed by atoms with Crippen molar-refractivity contribution in [2.45, 2.75) is 25.6 Å². The Kier molecular flexibility index (Phi) is 4.74.